The number of carboxylic acid groups (broad SMARTS) is 1. The van der Waals surface area contributed by atoms with E-state index in [2.05, 4.69) is 5.32 Å². The molecule has 2 amide bonds. The van der Waals surface area contributed by atoms with Gasteiger partial charge < -0.3 is 20.1 Å². The van der Waals surface area contributed by atoms with Crippen molar-refractivity contribution in [3.8, 4) is 0 Å². The summed E-state index contributed by atoms with van der Waals surface area (Å²) < 4.78 is 28.6. The van der Waals surface area contributed by atoms with Gasteiger partial charge >= 0.3 is 18.0 Å². The fourth-order valence-electron chi connectivity index (χ4n) is 2.73. The van der Waals surface area contributed by atoms with E-state index in [-0.39, 0.29) is 35.8 Å². The van der Waals surface area contributed by atoms with Crippen molar-refractivity contribution in [2.24, 2.45) is 5.41 Å². The Labute approximate surface area is 157 Å². The standard InChI is InChI=1S/C17H22N2O7S/c1-4-26-14(20)11-7-12(9-13(8-11)27(3,24)25)18-16(23)19-6-5-17(2,10-19)15(21)22/h7-9H,4-6,10H2,1-3H3,(H,18,23)(H,21,22). The third kappa shape index (κ3) is 4.76. The summed E-state index contributed by atoms with van der Waals surface area (Å²) in [4.78, 5) is 36.9. The van der Waals surface area contributed by atoms with Gasteiger partial charge in [-0.1, -0.05) is 0 Å². The lowest BCUT2D eigenvalue weighted by Gasteiger charge is -2.21. The average Bonchev–Trinajstić information content (AvgIpc) is 2.98. The number of amides is 2. The quantitative estimate of drug-likeness (QED) is 0.720. The molecule has 1 atom stereocenters. The smallest absolute Gasteiger partial charge is 0.338 e. The number of carboxylic acids is 1. The summed E-state index contributed by atoms with van der Waals surface area (Å²) in [6.45, 7) is 3.58. The number of ether oxygens (including phenoxy) is 1. The topological polar surface area (TPSA) is 130 Å². The van der Waals surface area contributed by atoms with Crippen LogP contribution in [0.3, 0.4) is 0 Å². The summed E-state index contributed by atoms with van der Waals surface area (Å²) in [7, 11) is -3.63. The Bertz CT molecular complexity index is 881. The zero-order valence-corrected chi connectivity index (χ0v) is 16.1. The maximum atomic E-state index is 12.4. The third-order valence-electron chi connectivity index (χ3n) is 4.37. The van der Waals surface area contributed by atoms with Crippen molar-refractivity contribution in [1.29, 1.82) is 0 Å². The van der Waals surface area contributed by atoms with E-state index in [0.717, 1.165) is 6.26 Å². The van der Waals surface area contributed by atoms with Crippen LogP contribution in [0.25, 0.3) is 0 Å². The van der Waals surface area contributed by atoms with Crippen LogP contribution in [0.4, 0.5) is 10.5 Å². The number of sulfone groups is 1. The number of nitrogens with zero attached hydrogens (tertiary/aromatic N) is 1. The van der Waals surface area contributed by atoms with E-state index >= 15 is 0 Å². The molecule has 27 heavy (non-hydrogen) atoms. The van der Waals surface area contributed by atoms with Crippen LogP contribution in [0.15, 0.2) is 23.1 Å². The number of likely N-dealkylation sites (tertiary alicyclic amines) is 1. The molecule has 1 unspecified atom stereocenters. The first-order valence-corrected chi connectivity index (χ1v) is 10.2. The van der Waals surface area contributed by atoms with Crippen LogP contribution in [-0.4, -0.2) is 62.3 Å². The molecule has 1 aromatic rings. The Hall–Kier alpha value is -2.62. The molecule has 0 saturated carbocycles. The molecule has 1 heterocycles. The Morgan fingerprint density at radius 1 is 1.30 bits per heavy atom. The lowest BCUT2D eigenvalue weighted by atomic mass is 9.90. The molecule has 9 nitrogen and oxygen atoms in total. The number of carbonyl (C=O) groups excluding carboxylic acids is 2. The molecule has 0 spiro atoms. The number of benzene rings is 1. The van der Waals surface area contributed by atoms with E-state index in [0.29, 0.717) is 6.42 Å². The minimum atomic E-state index is -3.63. The summed E-state index contributed by atoms with van der Waals surface area (Å²) in [6.07, 6.45) is 1.30. The van der Waals surface area contributed by atoms with E-state index in [1.165, 1.54) is 23.1 Å². The lowest BCUT2D eigenvalue weighted by Crippen LogP contribution is -2.37. The Kier molecular flexibility index (Phi) is 5.79. The van der Waals surface area contributed by atoms with Crippen LogP contribution >= 0.6 is 0 Å². The number of esters is 1. The summed E-state index contributed by atoms with van der Waals surface area (Å²) >= 11 is 0. The number of aliphatic carboxylic acids is 1. The van der Waals surface area contributed by atoms with Crippen LogP contribution in [0.5, 0.6) is 0 Å². The molecule has 148 valence electrons. The van der Waals surface area contributed by atoms with Gasteiger partial charge in [0.05, 0.1) is 22.5 Å². The number of carbonyl (C=O) groups is 3. The number of anilines is 1. The zero-order chi connectivity index (χ0) is 20.4. The largest absolute Gasteiger partial charge is 0.481 e. The maximum Gasteiger partial charge on any atom is 0.338 e. The van der Waals surface area contributed by atoms with E-state index in [4.69, 9.17) is 4.74 Å². The van der Waals surface area contributed by atoms with E-state index in [9.17, 15) is 27.9 Å². The molecule has 0 aliphatic carbocycles. The number of rotatable bonds is 5. The van der Waals surface area contributed by atoms with Gasteiger partial charge in [0.25, 0.3) is 0 Å². The van der Waals surface area contributed by atoms with Gasteiger partial charge in [0.15, 0.2) is 9.84 Å². The second kappa shape index (κ2) is 7.55. The molecule has 0 bridgehead atoms. The molecule has 2 rings (SSSR count). The van der Waals surface area contributed by atoms with Gasteiger partial charge in [0, 0.05) is 25.0 Å². The number of hydrogen-bond donors (Lipinski definition) is 2. The molecule has 1 aliphatic heterocycles. The molecule has 1 aliphatic rings. The Balaban J connectivity index is 2.27. The zero-order valence-electron chi connectivity index (χ0n) is 15.3. The molecule has 1 aromatic carbocycles. The van der Waals surface area contributed by atoms with Gasteiger partial charge in [0.2, 0.25) is 0 Å². The molecule has 0 aromatic heterocycles. The van der Waals surface area contributed by atoms with Gasteiger partial charge in [-0.2, -0.15) is 0 Å². The Morgan fingerprint density at radius 3 is 2.48 bits per heavy atom. The van der Waals surface area contributed by atoms with Crippen LogP contribution in [0.1, 0.15) is 30.6 Å². The molecule has 1 fully saturated rings. The van der Waals surface area contributed by atoms with Gasteiger partial charge in [-0.05, 0) is 38.5 Å². The predicted octanol–water partition coefficient (Wildman–Crippen LogP) is 1.60. The van der Waals surface area contributed by atoms with Crippen molar-refractivity contribution in [2.75, 3.05) is 31.3 Å². The number of urea groups is 1. The molecular formula is C17H22N2O7S. The van der Waals surface area contributed by atoms with Crippen molar-refractivity contribution in [2.45, 2.75) is 25.2 Å². The van der Waals surface area contributed by atoms with Crippen LogP contribution in [0.2, 0.25) is 0 Å². The first kappa shape index (κ1) is 20.7. The Morgan fingerprint density at radius 2 is 1.96 bits per heavy atom. The van der Waals surface area contributed by atoms with E-state index in [1.54, 1.807) is 13.8 Å². The highest BCUT2D eigenvalue weighted by Crippen LogP contribution is 2.30. The predicted molar refractivity (Wildman–Crippen MR) is 96.5 cm³/mol. The average molecular weight is 398 g/mol. The summed E-state index contributed by atoms with van der Waals surface area (Å²) in [5.41, 5.74) is -0.927. The van der Waals surface area contributed by atoms with E-state index < -0.39 is 33.2 Å². The van der Waals surface area contributed by atoms with Gasteiger partial charge in [0.1, 0.15) is 0 Å². The van der Waals surface area contributed by atoms with Crippen molar-refractivity contribution < 1.29 is 32.6 Å². The van der Waals surface area contributed by atoms with E-state index in [1.807, 2.05) is 0 Å². The molecular weight excluding hydrogens is 376 g/mol. The van der Waals surface area contributed by atoms with Crippen LogP contribution < -0.4 is 5.32 Å². The highest BCUT2D eigenvalue weighted by molar-refractivity contribution is 7.90. The van der Waals surface area contributed by atoms with Crippen molar-refractivity contribution >= 4 is 33.5 Å². The maximum absolute atomic E-state index is 12.4. The SMILES string of the molecule is CCOC(=O)c1cc(NC(=O)N2CCC(C)(C(=O)O)C2)cc(S(C)(=O)=O)c1. The second-order valence-electron chi connectivity index (χ2n) is 6.71. The number of hydrogen-bond acceptors (Lipinski definition) is 6. The molecule has 1 saturated heterocycles. The normalized spacial score (nSPS) is 19.6. The molecule has 10 heteroatoms. The number of nitrogens with one attached hydrogen (secondary N) is 1. The minimum Gasteiger partial charge on any atom is -0.481 e. The van der Waals surface area contributed by atoms with Crippen molar-refractivity contribution in [1.82, 2.24) is 4.90 Å². The highest BCUT2D eigenvalue weighted by Gasteiger charge is 2.42. The fourth-order valence-corrected chi connectivity index (χ4v) is 3.41. The first-order chi connectivity index (χ1) is 12.5. The van der Waals surface area contributed by atoms with Crippen LogP contribution in [-0.2, 0) is 19.4 Å². The van der Waals surface area contributed by atoms with Gasteiger partial charge in [-0.25, -0.2) is 18.0 Å². The summed E-state index contributed by atoms with van der Waals surface area (Å²) in [5.74, 6) is -1.69. The molecule has 2 N–H and O–H groups in total. The third-order valence-corrected chi connectivity index (χ3v) is 5.47. The van der Waals surface area contributed by atoms with Crippen LogP contribution in [0, 0.1) is 5.41 Å². The second-order valence-corrected chi connectivity index (χ2v) is 8.72. The van der Waals surface area contributed by atoms with Crippen molar-refractivity contribution in [3.63, 3.8) is 0 Å². The van der Waals surface area contributed by atoms with Gasteiger partial charge in [-0.15, -0.1) is 0 Å². The highest BCUT2D eigenvalue weighted by atomic mass is 32.2. The molecule has 0 radical (unpaired) electrons. The first-order valence-electron chi connectivity index (χ1n) is 8.28. The van der Waals surface area contributed by atoms with Crippen molar-refractivity contribution in [3.05, 3.63) is 23.8 Å². The lowest BCUT2D eigenvalue weighted by molar-refractivity contribution is -0.146. The summed E-state index contributed by atoms with van der Waals surface area (Å²) in [6, 6.07) is 3.17. The monoisotopic (exact) mass is 398 g/mol. The summed E-state index contributed by atoms with van der Waals surface area (Å²) in [5, 5.41) is 11.8. The fraction of sp³-hybridized carbons (Fsp3) is 0.471. The minimum absolute atomic E-state index is 0.00753. The van der Waals surface area contributed by atoms with Gasteiger partial charge in [-0.3, -0.25) is 4.79 Å².